The van der Waals surface area contributed by atoms with Crippen LogP contribution in [0.15, 0.2) is 42.5 Å². The molecular weight excluding hydrogens is 471 g/mol. The van der Waals surface area contributed by atoms with Crippen molar-refractivity contribution in [3.8, 4) is 23.0 Å². The maximum atomic E-state index is 13.0. The zero-order valence-corrected chi connectivity index (χ0v) is 18.7. The lowest BCUT2D eigenvalue weighted by molar-refractivity contribution is -0.131. The SMILES string of the molecule is CC(=O)Oc1cc2c(cc1Cl)C1(OC(=O)c3cc(OC=O)ccc31)c1cc(Cl)c(C)cc1O2. The molecular formula is C24H14Cl2O7. The average Bonchev–Trinajstić information content (AvgIpc) is 3.04. The number of aryl methyl sites for hydroxylation is 1. The molecule has 0 aliphatic carbocycles. The average molecular weight is 485 g/mol. The summed E-state index contributed by atoms with van der Waals surface area (Å²) < 4.78 is 22.2. The number of benzene rings is 3. The first kappa shape index (κ1) is 21.3. The van der Waals surface area contributed by atoms with Gasteiger partial charge in [0, 0.05) is 34.7 Å². The highest BCUT2D eigenvalue weighted by molar-refractivity contribution is 6.32. The lowest BCUT2D eigenvalue weighted by Gasteiger charge is -2.37. The number of fused-ring (bicyclic) bond motifs is 6. The number of rotatable bonds is 3. The molecule has 5 rings (SSSR count). The van der Waals surface area contributed by atoms with Gasteiger partial charge in [-0.25, -0.2) is 4.79 Å². The third kappa shape index (κ3) is 3.15. The van der Waals surface area contributed by atoms with E-state index in [2.05, 4.69) is 0 Å². The maximum absolute atomic E-state index is 13.0. The van der Waals surface area contributed by atoms with Crippen molar-refractivity contribution in [2.45, 2.75) is 19.4 Å². The van der Waals surface area contributed by atoms with Crippen LogP contribution in [0.2, 0.25) is 10.0 Å². The first-order valence-corrected chi connectivity index (χ1v) is 10.5. The predicted molar refractivity (Wildman–Crippen MR) is 117 cm³/mol. The van der Waals surface area contributed by atoms with Crippen LogP contribution in [-0.4, -0.2) is 18.4 Å². The largest absolute Gasteiger partial charge is 0.456 e. The van der Waals surface area contributed by atoms with Crippen LogP contribution in [0, 0.1) is 6.92 Å². The van der Waals surface area contributed by atoms with Gasteiger partial charge < -0.3 is 18.9 Å². The Balaban J connectivity index is 1.83. The molecule has 0 saturated heterocycles. The zero-order valence-electron chi connectivity index (χ0n) is 17.2. The number of carbonyl (C=O) groups is 3. The minimum absolute atomic E-state index is 0.103. The second-order valence-electron chi connectivity index (χ2n) is 7.56. The molecule has 0 radical (unpaired) electrons. The molecule has 0 saturated carbocycles. The highest BCUT2D eigenvalue weighted by Gasteiger charge is 2.54. The number of hydrogen-bond acceptors (Lipinski definition) is 7. The molecule has 9 heteroatoms. The number of halogens is 2. The molecule has 7 nitrogen and oxygen atoms in total. The topological polar surface area (TPSA) is 88.1 Å². The number of esters is 2. The number of ether oxygens (including phenoxy) is 4. The van der Waals surface area contributed by atoms with Gasteiger partial charge in [-0.1, -0.05) is 23.2 Å². The number of carbonyl (C=O) groups excluding carboxylic acids is 3. The van der Waals surface area contributed by atoms with E-state index in [1.54, 1.807) is 24.3 Å². The second-order valence-corrected chi connectivity index (χ2v) is 8.38. The van der Waals surface area contributed by atoms with Crippen molar-refractivity contribution in [1.82, 2.24) is 0 Å². The second kappa shape index (κ2) is 7.50. The summed E-state index contributed by atoms with van der Waals surface area (Å²) in [6.45, 7) is 3.35. The lowest BCUT2D eigenvalue weighted by Crippen LogP contribution is -2.33. The molecule has 3 aromatic carbocycles. The molecule has 0 aromatic heterocycles. The third-order valence-electron chi connectivity index (χ3n) is 5.55. The minimum Gasteiger partial charge on any atom is -0.456 e. The summed E-state index contributed by atoms with van der Waals surface area (Å²) in [5.74, 6) is -0.183. The molecule has 2 aliphatic heterocycles. The Bertz CT molecular complexity index is 1380. The van der Waals surface area contributed by atoms with Gasteiger partial charge in [-0.2, -0.15) is 0 Å². The van der Waals surface area contributed by atoms with Gasteiger partial charge in [0.2, 0.25) is 0 Å². The molecule has 2 heterocycles. The molecule has 0 amide bonds. The Morgan fingerprint density at radius 1 is 1.00 bits per heavy atom. The summed E-state index contributed by atoms with van der Waals surface area (Å²) in [4.78, 5) is 35.3. The van der Waals surface area contributed by atoms with Crippen LogP contribution in [0.4, 0.5) is 0 Å². The normalized spacial score (nSPS) is 17.4. The van der Waals surface area contributed by atoms with Gasteiger partial charge in [0.1, 0.15) is 17.2 Å². The van der Waals surface area contributed by atoms with Crippen LogP contribution in [0.25, 0.3) is 0 Å². The minimum atomic E-state index is -1.44. The van der Waals surface area contributed by atoms with Crippen LogP contribution in [0.1, 0.15) is 39.5 Å². The van der Waals surface area contributed by atoms with E-state index in [9.17, 15) is 14.4 Å². The highest BCUT2D eigenvalue weighted by atomic mass is 35.5. The maximum Gasteiger partial charge on any atom is 0.340 e. The Kier molecular flexibility index (Phi) is 4.84. The van der Waals surface area contributed by atoms with Gasteiger partial charge in [-0.05, 0) is 48.9 Å². The summed E-state index contributed by atoms with van der Waals surface area (Å²) in [5, 5.41) is 0.576. The van der Waals surface area contributed by atoms with Crippen molar-refractivity contribution in [2.75, 3.05) is 0 Å². The highest BCUT2D eigenvalue weighted by Crippen LogP contribution is 2.58. The van der Waals surface area contributed by atoms with Gasteiger partial charge in [-0.3, -0.25) is 9.59 Å². The van der Waals surface area contributed by atoms with E-state index in [1.807, 2.05) is 6.92 Å². The summed E-state index contributed by atoms with van der Waals surface area (Å²) in [7, 11) is 0. The molecule has 0 N–H and O–H groups in total. The molecule has 1 atom stereocenters. The van der Waals surface area contributed by atoms with E-state index in [-0.39, 0.29) is 28.6 Å². The van der Waals surface area contributed by atoms with E-state index in [1.165, 1.54) is 25.1 Å². The molecule has 0 fully saturated rings. The van der Waals surface area contributed by atoms with Gasteiger partial charge >= 0.3 is 11.9 Å². The Morgan fingerprint density at radius 3 is 2.39 bits per heavy atom. The van der Waals surface area contributed by atoms with Crippen molar-refractivity contribution in [3.05, 3.63) is 80.3 Å². The van der Waals surface area contributed by atoms with Crippen LogP contribution in [0.5, 0.6) is 23.0 Å². The lowest BCUT2D eigenvalue weighted by atomic mass is 9.77. The Hall–Kier alpha value is -3.55. The monoisotopic (exact) mass is 484 g/mol. The molecule has 3 aromatic rings. The molecule has 2 aliphatic rings. The van der Waals surface area contributed by atoms with E-state index in [0.29, 0.717) is 33.2 Å². The fourth-order valence-corrected chi connectivity index (χ4v) is 4.55. The van der Waals surface area contributed by atoms with E-state index < -0.39 is 17.5 Å². The first-order chi connectivity index (χ1) is 15.7. The van der Waals surface area contributed by atoms with Crippen molar-refractivity contribution in [2.24, 2.45) is 0 Å². The Labute approximate surface area is 197 Å². The molecule has 0 bridgehead atoms. The standard InChI is InChI=1S/C24H14Cl2O7/c1-11-5-20-16(7-18(11)25)24(15-4-3-13(30-10-27)6-14(15)23(29)33-24)17-8-19(26)22(31-12(2)28)9-21(17)32-20/h3-10H,1-2H3. The summed E-state index contributed by atoms with van der Waals surface area (Å²) in [6, 6.07) is 11.0. The summed E-state index contributed by atoms with van der Waals surface area (Å²) >= 11 is 12.9. The van der Waals surface area contributed by atoms with Gasteiger partial charge in [-0.15, -0.1) is 0 Å². The van der Waals surface area contributed by atoms with Crippen molar-refractivity contribution < 1.29 is 33.3 Å². The van der Waals surface area contributed by atoms with Crippen molar-refractivity contribution in [3.63, 3.8) is 0 Å². The Morgan fingerprint density at radius 2 is 1.70 bits per heavy atom. The van der Waals surface area contributed by atoms with Crippen LogP contribution >= 0.6 is 23.2 Å². The van der Waals surface area contributed by atoms with Gasteiger partial charge in [0.25, 0.3) is 6.47 Å². The van der Waals surface area contributed by atoms with Crippen LogP contribution in [0.3, 0.4) is 0 Å². The summed E-state index contributed by atoms with van der Waals surface area (Å²) in [6.07, 6.45) is 0. The molecule has 33 heavy (non-hydrogen) atoms. The third-order valence-corrected chi connectivity index (χ3v) is 6.25. The smallest absolute Gasteiger partial charge is 0.340 e. The van der Waals surface area contributed by atoms with Crippen LogP contribution < -0.4 is 14.2 Å². The predicted octanol–water partition coefficient (Wildman–Crippen LogP) is 5.33. The van der Waals surface area contributed by atoms with E-state index >= 15 is 0 Å². The summed E-state index contributed by atoms with van der Waals surface area (Å²) in [5.41, 5.74) is 0.940. The zero-order chi connectivity index (χ0) is 23.5. The first-order valence-electron chi connectivity index (χ1n) is 9.73. The fourth-order valence-electron chi connectivity index (χ4n) is 4.18. The molecule has 1 unspecified atom stereocenters. The molecule has 166 valence electrons. The van der Waals surface area contributed by atoms with Gasteiger partial charge in [0.15, 0.2) is 11.4 Å². The van der Waals surface area contributed by atoms with Gasteiger partial charge in [0.05, 0.1) is 10.6 Å². The van der Waals surface area contributed by atoms with Crippen molar-refractivity contribution >= 4 is 41.6 Å². The van der Waals surface area contributed by atoms with Crippen molar-refractivity contribution in [1.29, 1.82) is 0 Å². The van der Waals surface area contributed by atoms with Crippen LogP contribution in [-0.2, 0) is 19.9 Å². The fraction of sp³-hybridized carbons (Fsp3) is 0.125. The number of hydrogen-bond donors (Lipinski definition) is 0. The van der Waals surface area contributed by atoms with E-state index in [4.69, 9.17) is 42.1 Å². The quantitative estimate of drug-likeness (QED) is 0.282. The van der Waals surface area contributed by atoms with E-state index in [0.717, 1.165) is 5.56 Å². The molecule has 1 spiro atoms.